The minimum absolute atomic E-state index is 0.0149. The number of sulfonamides is 1. The summed E-state index contributed by atoms with van der Waals surface area (Å²) in [4.78, 5) is 4.07. The van der Waals surface area contributed by atoms with Gasteiger partial charge >= 0.3 is 0 Å². The second-order valence-electron chi connectivity index (χ2n) is 4.26. The molecular weight excluding hydrogens is 278 g/mol. The van der Waals surface area contributed by atoms with Gasteiger partial charge in [-0.3, -0.25) is 9.71 Å². The van der Waals surface area contributed by atoms with Crippen LogP contribution in [0, 0.1) is 0 Å². The van der Waals surface area contributed by atoms with Gasteiger partial charge in [0.05, 0.1) is 17.1 Å². The van der Waals surface area contributed by atoms with Crippen molar-refractivity contribution in [3.8, 4) is 5.75 Å². The van der Waals surface area contributed by atoms with E-state index in [0.717, 1.165) is 0 Å². The highest BCUT2D eigenvalue weighted by Gasteiger charge is 2.13. The number of benzene rings is 1. The molecule has 20 heavy (non-hydrogen) atoms. The van der Waals surface area contributed by atoms with Crippen molar-refractivity contribution < 1.29 is 13.5 Å². The number of phenolic OH excluding ortho intramolecular Hbond substituents is 1. The third-order valence-corrected chi connectivity index (χ3v) is 3.93. The number of pyridine rings is 1. The van der Waals surface area contributed by atoms with Crippen LogP contribution < -0.4 is 10.5 Å². The van der Waals surface area contributed by atoms with Gasteiger partial charge in [0.2, 0.25) is 10.0 Å². The molecule has 0 saturated heterocycles. The summed E-state index contributed by atoms with van der Waals surface area (Å²) in [5, 5.41) is 9.22. The summed E-state index contributed by atoms with van der Waals surface area (Å²) in [5.41, 5.74) is 6.77. The average molecular weight is 293 g/mol. The number of aromatic hydroxyl groups is 1. The number of nitrogens with two attached hydrogens (primary N) is 1. The summed E-state index contributed by atoms with van der Waals surface area (Å²) in [5.74, 6) is -0.108. The Labute approximate surface area is 117 Å². The molecule has 0 fully saturated rings. The summed E-state index contributed by atoms with van der Waals surface area (Å²) < 4.78 is 26.3. The summed E-state index contributed by atoms with van der Waals surface area (Å²) in [6.07, 6.45) is 1.93. The molecule has 0 amide bonds. The minimum Gasteiger partial charge on any atom is -0.508 e. The van der Waals surface area contributed by atoms with Crippen LogP contribution in [0.25, 0.3) is 0 Å². The molecule has 1 aromatic carbocycles. The number of aryl methyl sites for hydroxylation is 1. The maximum absolute atomic E-state index is 12.0. The Balaban J connectivity index is 2.04. The van der Waals surface area contributed by atoms with E-state index in [1.54, 1.807) is 24.4 Å². The molecular formula is C13H15N3O3S. The lowest BCUT2D eigenvalue weighted by Gasteiger charge is -2.10. The fourth-order valence-corrected chi connectivity index (χ4v) is 2.75. The summed E-state index contributed by atoms with van der Waals surface area (Å²) in [6.45, 7) is 0. The first-order valence-corrected chi connectivity index (χ1v) is 7.60. The molecule has 4 N–H and O–H groups in total. The van der Waals surface area contributed by atoms with E-state index in [1.807, 2.05) is 0 Å². The molecule has 0 radical (unpaired) electrons. The topological polar surface area (TPSA) is 105 Å². The van der Waals surface area contributed by atoms with Gasteiger partial charge in [-0.05, 0) is 24.3 Å². The van der Waals surface area contributed by atoms with Gasteiger partial charge in [-0.15, -0.1) is 0 Å². The van der Waals surface area contributed by atoms with Crippen LogP contribution in [-0.4, -0.2) is 24.3 Å². The number of aromatic nitrogens is 1. The Morgan fingerprint density at radius 1 is 1.25 bits per heavy atom. The lowest BCUT2D eigenvalue weighted by molar-refractivity contribution is 0.475. The first-order chi connectivity index (χ1) is 9.46. The zero-order valence-electron chi connectivity index (χ0n) is 10.7. The molecule has 1 aromatic heterocycles. The lowest BCUT2D eigenvalue weighted by atomic mass is 10.2. The summed E-state index contributed by atoms with van der Waals surface area (Å²) in [6, 6.07) is 9.42. The van der Waals surface area contributed by atoms with Gasteiger partial charge in [0.15, 0.2) is 0 Å². The van der Waals surface area contributed by atoms with Crippen LogP contribution in [0.2, 0.25) is 0 Å². The van der Waals surface area contributed by atoms with E-state index in [9.17, 15) is 13.5 Å². The SMILES string of the molecule is Nc1cc(O)ccc1NS(=O)(=O)CCc1ccccn1. The molecule has 0 aliphatic rings. The van der Waals surface area contributed by atoms with Crippen molar-refractivity contribution in [1.82, 2.24) is 4.98 Å². The van der Waals surface area contributed by atoms with Crippen molar-refractivity contribution in [2.45, 2.75) is 6.42 Å². The van der Waals surface area contributed by atoms with E-state index >= 15 is 0 Å². The van der Waals surface area contributed by atoms with Crippen LogP contribution in [0.3, 0.4) is 0 Å². The third kappa shape index (κ3) is 3.86. The van der Waals surface area contributed by atoms with E-state index in [1.165, 1.54) is 18.2 Å². The smallest absolute Gasteiger partial charge is 0.233 e. The monoisotopic (exact) mass is 293 g/mol. The largest absolute Gasteiger partial charge is 0.508 e. The number of nitrogen functional groups attached to an aromatic ring is 1. The number of hydrogen-bond acceptors (Lipinski definition) is 5. The predicted octanol–water partition coefficient (Wildman–Crippen LogP) is 1.35. The molecule has 1 heterocycles. The predicted molar refractivity (Wildman–Crippen MR) is 77.9 cm³/mol. The molecule has 2 aromatic rings. The first-order valence-electron chi connectivity index (χ1n) is 5.95. The fraction of sp³-hybridized carbons (Fsp3) is 0.154. The van der Waals surface area contributed by atoms with Gasteiger partial charge in [-0.25, -0.2) is 8.42 Å². The van der Waals surface area contributed by atoms with Gasteiger partial charge < -0.3 is 10.8 Å². The molecule has 6 nitrogen and oxygen atoms in total. The zero-order valence-corrected chi connectivity index (χ0v) is 11.5. The molecule has 7 heteroatoms. The van der Waals surface area contributed by atoms with Crippen molar-refractivity contribution in [2.24, 2.45) is 0 Å². The third-order valence-electron chi connectivity index (χ3n) is 2.65. The van der Waals surface area contributed by atoms with Crippen LogP contribution in [0.4, 0.5) is 11.4 Å². The Bertz CT molecular complexity index is 687. The molecule has 2 rings (SSSR count). The zero-order chi connectivity index (χ0) is 14.6. The quantitative estimate of drug-likeness (QED) is 0.570. The fourth-order valence-electron chi connectivity index (χ4n) is 1.65. The number of anilines is 2. The molecule has 0 unspecified atom stereocenters. The van der Waals surface area contributed by atoms with Gasteiger partial charge in [0.25, 0.3) is 0 Å². The van der Waals surface area contributed by atoms with E-state index in [2.05, 4.69) is 9.71 Å². The number of phenols is 1. The van der Waals surface area contributed by atoms with Gasteiger partial charge in [0, 0.05) is 24.4 Å². The van der Waals surface area contributed by atoms with Gasteiger partial charge in [-0.2, -0.15) is 0 Å². The molecule has 0 bridgehead atoms. The van der Waals surface area contributed by atoms with Crippen molar-refractivity contribution in [1.29, 1.82) is 0 Å². The van der Waals surface area contributed by atoms with Crippen molar-refractivity contribution in [3.63, 3.8) is 0 Å². The van der Waals surface area contributed by atoms with Gasteiger partial charge in [0.1, 0.15) is 5.75 Å². The highest BCUT2D eigenvalue weighted by molar-refractivity contribution is 7.92. The summed E-state index contributed by atoms with van der Waals surface area (Å²) in [7, 11) is -3.52. The van der Waals surface area contributed by atoms with E-state index < -0.39 is 10.0 Å². The van der Waals surface area contributed by atoms with Crippen molar-refractivity contribution in [3.05, 3.63) is 48.3 Å². The number of rotatable bonds is 5. The standard InChI is InChI=1S/C13H15N3O3S/c14-12-9-11(17)4-5-13(12)16-20(18,19)8-6-10-3-1-2-7-15-10/h1-5,7,9,16-17H,6,8,14H2. The van der Waals surface area contributed by atoms with E-state index in [-0.39, 0.29) is 22.9 Å². The Morgan fingerprint density at radius 3 is 2.70 bits per heavy atom. The van der Waals surface area contributed by atoms with Crippen LogP contribution >= 0.6 is 0 Å². The number of nitrogens with one attached hydrogen (secondary N) is 1. The average Bonchev–Trinajstić information content (AvgIpc) is 2.41. The maximum Gasteiger partial charge on any atom is 0.233 e. The molecule has 106 valence electrons. The minimum atomic E-state index is -3.52. The lowest BCUT2D eigenvalue weighted by Crippen LogP contribution is -2.19. The maximum atomic E-state index is 12.0. The van der Waals surface area contributed by atoms with Gasteiger partial charge in [-0.1, -0.05) is 6.07 Å². The van der Waals surface area contributed by atoms with Crippen molar-refractivity contribution >= 4 is 21.4 Å². The Hall–Kier alpha value is -2.28. The first kappa shape index (κ1) is 14.1. The highest BCUT2D eigenvalue weighted by Crippen LogP contribution is 2.24. The number of hydrogen-bond donors (Lipinski definition) is 3. The van der Waals surface area contributed by atoms with E-state index in [4.69, 9.17) is 5.73 Å². The highest BCUT2D eigenvalue weighted by atomic mass is 32.2. The Morgan fingerprint density at radius 2 is 2.05 bits per heavy atom. The summed E-state index contributed by atoms with van der Waals surface area (Å²) >= 11 is 0. The molecule has 0 spiro atoms. The normalized spacial score (nSPS) is 11.2. The van der Waals surface area contributed by atoms with Crippen LogP contribution in [0.5, 0.6) is 5.75 Å². The molecule has 0 aliphatic carbocycles. The molecule has 0 atom stereocenters. The van der Waals surface area contributed by atoms with Crippen LogP contribution in [-0.2, 0) is 16.4 Å². The second-order valence-corrected chi connectivity index (χ2v) is 6.11. The molecule has 0 aliphatic heterocycles. The van der Waals surface area contributed by atoms with Crippen molar-refractivity contribution in [2.75, 3.05) is 16.2 Å². The number of nitrogens with zero attached hydrogens (tertiary/aromatic N) is 1. The van der Waals surface area contributed by atoms with Crippen LogP contribution in [0.1, 0.15) is 5.69 Å². The second kappa shape index (κ2) is 5.79. The molecule has 0 saturated carbocycles. The van der Waals surface area contributed by atoms with E-state index in [0.29, 0.717) is 12.1 Å². The Kier molecular flexibility index (Phi) is 4.09. The van der Waals surface area contributed by atoms with Crippen LogP contribution in [0.15, 0.2) is 42.6 Å².